The van der Waals surface area contributed by atoms with Gasteiger partial charge in [0.05, 0.1) is 11.9 Å². The Kier molecular flexibility index (Phi) is 4.40. The fourth-order valence-corrected chi connectivity index (χ4v) is 1.48. The van der Waals surface area contributed by atoms with E-state index in [0.717, 1.165) is 18.5 Å². The summed E-state index contributed by atoms with van der Waals surface area (Å²) in [7, 11) is 0. The van der Waals surface area contributed by atoms with Crippen LogP contribution < -0.4 is 0 Å². The van der Waals surface area contributed by atoms with Crippen LogP contribution in [0.25, 0.3) is 0 Å². The normalized spacial score (nSPS) is 10.7. The first-order valence-electron chi connectivity index (χ1n) is 5.49. The van der Waals surface area contributed by atoms with E-state index in [-0.39, 0.29) is 5.78 Å². The Labute approximate surface area is 91.0 Å². The number of nitrogens with zero attached hydrogens (tertiary/aromatic N) is 2. The van der Waals surface area contributed by atoms with Crippen molar-refractivity contribution in [1.82, 2.24) is 9.97 Å². The molecule has 0 spiro atoms. The minimum Gasteiger partial charge on any atom is -0.292 e. The molecule has 0 aliphatic carbocycles. The number of aromatic nitrogens is 2. The number of carbonyl (C=O) groups is 1. The highest BCUT2D eigenvalue weighted by molar-refractivity contribution is 5.94. The number of hydrogen-bond acceptors (Lipinski definition) is 3. The van der Waals surface area contributed by atoms with Gasteiger partial charge in [0.15, 0.2) is 5.78 Å². The molecule has 0 aliphatic heterocycles. The van der Waals surface area contributed by atoms with Crippen molar-refractivity contribution in [1.29, 1.82) is 0 Å². The minimum atomic E-state index is 0.108. The molecule has 0 aliphatic rings. The van der Waals surface area contributed by atoms with Gasteiger partial charge in [-0.05, 0) is 12.8 Å². The van der Waals surface area contributed by atoms with E-state index in [1.807, 2.05) is 6.92 Å². The van der Waals surface area contributed by atoms with Gasteiger partial charge in [-0.15, -0.1) is 0 Å². The molecule has 3 heteroatoms. The number of rotatable bonds is 5. The van der Waals surface area contributed by atoms with Crippen molar-refractivity contribution in [2.24, 2.45) is 5.92 Å². The number of hydrogen-bond donors (Lipinski definition) is 0. The molecule has 0 fully saturated rings. The largest absolute Gasteiger partial charge is 0.292 e. The Morgan fingerprint density at radius 3 is 2.40 bits per heavy atom. The SMILES string of the molecule is CCC(CC)CC(=O)c1cnc(C)cn1. The van der Waals surface area contributed by atoms with Crippen LogP contribution in [-0.2, 0) is 0 Å². The molecule has 0 radical (unpaired) electrons. The van der Waals surface area contributed by atoms with Gasteiger partial charge in [0.25, 0.3) is 0 Å². The molecule has 1 aromatic heterocycles. The molecule has 15 heavy (non-hydrogen) atoms. The van der Waals surface area contributed by atoms with Crippen molar-refractivity contribution in [3.8, 4) is 0 Å². The fraction of sp³-hybridized carbons (Fsp3) is 0.583. The van der Waals surface area contributed by atoms with Crippen molar-refractivity contribution in [2.45, 2.75) is 40.0 Å². The molecular weight excluding hydrogens is 188 g/mol. The summed E-state index contributed by atoms with van der Waals surface area (Å²) >= 11 is 0. The number of Topliss-reactive ketones (excluding diaryl/α,β-unsaturated/α-hetero) is 1. The molecule has 82 valence electrons. The standard InChI is InChI=1S/C12H18N2O/c1-4-10(5-2)6-12(15)11-8-13-9(3)7-14-11/h7-8,10H,4-6H2,1-3H3. The predicted octanol–water partition coefficient (Wildman–Crippen LogP) is 2.79. The number of aryl methyl sites for hydroxylation is 1. The summed E-state index contributed by atoms with van der Waals surface area (Å²) in [5, 5.41) is 0. The van der Waals surface area contributed by atoms with Crippen molar-refractivity contribution >= 4 is 5.78 Å². The topological polar surface area (TPSA) is 42.9 Å². The van der Waals surface area contributed by atoms with Crippen molar-refractivity contribution < 1.29 is 4.79 Å². The Hall–Kier alpha value is -1.25. The average Bonchev–Trinajstić information content (AvgIpc) is 2.26. The van der Waals surface area contributed by atoms with E-state index >= 15 is 0 Å². The maximum Gasteiger partial charge on any atom is 0.183 e. The second-order valence-corrected chi connectivity index (χ2v) is 3.85. The van der Waals surface area contributed by atoms with Crippen LogP contribution in [0.15, 0.2) is 12.4 Å². The Morgan fingerprint density at radius 1 is 1.27 bits per heavy atom. The third-order valence-electron chi connectivity index (χ3n) is 2.70. The monoisotopic (exact) mass is 206 g/mol. The second-order valence-electron chi connectivity index (χ2n) is 3.85. The van der Waals surface area contributed by atoms with Gasteiger partial charge in [0, 0.05) is 12.6 Å². The molecule has 0 unspecified atom stereocenters. The van der Waals surface area contributed by atoms with Crippen LogP contribution in [0.1, 0.15) is 49.3 Å². The summed E-state index contributed by atoms with van der Waals surface area (Å²) in [6.45, 7) is 6.09. The molecule has 0 saturated carbocycles. The molecule has 1 rings (SSSR count). The Balaban J connectivity index is 2.64. The predicted molar refractivity (Wildman–Crippen MR) is 59.8 cm³/mol. The summed E-state index contributed by atoms with van der Waals surface area (Å²) in [6, 6.07) is 0. The maximum absolute atomic E-state index is 11.8. The van der Waals surface area contributed by atoms with E-state index in [0.29, 0.717) is 18.0 Å². The summed E-state index contributed by atoms with van der Waals surface area (Å²) in [4.78, 5) is 19.9. The van der Waals surface area contributed by atoms with Gasteiger partial charge in [-0.25, -0.2) is 4.98 Å². The maximum atomic E-state index is 11.8. The molecule has 0 saturated heterocycles. The second kappa shape index (κ2) is 5.59. The van der Waals surface area contributed by atoms with Crippen molar-refractivity contribution in [3.63, 3.8) is 0 Å². The molecule has 1 aromatic rings. The first kappa shape index (κ1) is 11.8. The van der Waals surface area contributed by atoms with Crippen molar-refractivity contribution in [3.05, 3.63) is 23.8 Å². The van der Waals surface area contributed by atoms with E-state index in [2.05, 4.69) is 23.8 Å². The highest BCUT2D eigenvalue weighted by Crippen LogP contribution is 2.15. The zero-order valence-corrected chi connectivity index (χ0v) is 9.66. The lowest BCUT2D eigenvalue weighted by Gasteiger charge is -2.10. The zero-order chi connectivity index (χ0) is 11.3. The highest BCUT2D eigenvalue weighted by Gasteiger charge is 2.13. The van der Waals surface area contributed by atoms with Crippen LogP contribution in [0.4, 0.5) is 0 Å². The molecular formula is C12H18N2O. The van der Waals surface area contributed by atoms with E-state index < -0.39 is 0 Å². The third kappa shape index (κ3) is 3.42. The Bertz CT molecular complexity index is 315. The van der Waals surface area contributed by atoms with Gasteiger partial charge in [-0.3, -0.25) is 9.78 Å². The van der Waals surface area contributed by atoms with Gasteiger partial charge in [-0.1, -0.05) is 26.7 Å². The summed E-state index contributed by atoms with van der Waals surface area (Å²) in [6.07, 6.45) is 5.88. The lowest BCUT2D eigenvalue weighted by molar-refractivity contribution is 0.0953. The van der Waals surface area contributed by atoms with Crippen LogP contribution in [-0.4, -0.2) is 15.8 Å². The van der Waals surface area contributed by atoms with E-state index in [1.165, 1.54) is 0 Å². The molecule has 0 amide bonds. The zero-order valence-electron chi connectivity index (χ0n) is 9.66. The molecule has 0 atom stereocenters. The van der Waals surface area contributed by atoms with E-state index in [4.69, 9.17) is 0 Å². The van der Waals surface area contributed by atoms with Crippen LogP contribution >= 0.6 is 0 Å². The van der Waals surface area contributed by atoms with Gasteiger partial charge in [0.2, 0.25) is 0 Å². The summed E-state index contributed by atoms with van der Waals surface area (Å²) in [5.41, 5.74) is 1.33. The number of carbonyl (C=O) groups excluding carboxylic acids is 1. The van der Waals surface area contributed by atoms with Crippen LogP contribution in [0, 0.1) is 12.8 Å². The lowest BCUT2D eigenvalue weighted by atomic mass is 9.96. The van der Waals surface area contributed by atoms with Crippen LogP contribution in [0.5, 0.6) is 0 Å². The van der Waals surface area contributed by atoms with Gasteiger partial charge in [0.1, 0.15) is 5.69 Å². The van der Waals surface area contributed by atoms with Gasteiger partial charge < -0.3 is 0 Å². The molecule has 1 heterocycles. The summed E-state index contributed by atoms with van der Waals surface area (Å²) in [5.74, 6) is 0.580. The van der Waals surface area contributed by atoms with E-state index in [1.54, 1.807) is 12.4 Å². The molecule has 0 aromatic carbocycles. The fourth-order valence-electron chi connectivity index (χ4n) is 1.48. The lowest BCUT2D eigenvalue weighted by Crippen LogP contribution is -2.09. The number of ketones is 1. The molecule has 0 N–H and O–H groups in total. The van der Waals surface area contributed by atoms with Crippen molar-refractivity contribution in [2.75, 3.05) is 0 Å². The quantitative estimate of drug-likeness (QED) is 0.696. The van der Waals surface area contributed by atoms with E-state index in [9.17, 15) is 4.79 Å². The summed E-state index contributed by atoms with van der Waals surface area (Å²) < 4.78 is 0. The third-order valence-corrected chi connectivity index (χ3v) is 2.70. The first-order valence-corrected chi connectivity index (χ1v) is 5.49. The smallest absolute Gasteiger partial charge is 0.183 e. The Morgan fingerprint density at radius 2 is 1.93 bits per heavy atom. The van der Waals surface area contributed by atoms with Gasteiger partial charge >= 0.3 is 0 Å². The highest BCUT2D eigenvalue weighted by atomic mass is 16.1. The van der Waals surface area contributed by atoms with Crippen LogP contribution in [0.2, 0.25) is 0 Å². The van der Waals surface area contributed by atoms with Gasteiger partial charge in [-0.2, -0.15) is 0 Å². The minimum absolute atomic E-state index is 0.108. The molecule has 0 bridgehead atoms. The van der Waals surface area contributed by atoms with Crippen LogP contribution in [0.3, 0.4) is 0 Å². The molecule has 3 nitrogen and oxygen atoms in total. The first-order chi connectivity index (χ1) is 7.17. The average molecular weight is 206 g/mol.